The van der Waals surface area contributed by atoms with Gasteiger partial charge in [-0.2, -0.15) is 0 Å². The first-order chi connectivity index (χ1) is 24.5. The highest BCUT2D eigenvalue weighted by Crippen LogP contribution is 2.61. The van der Waals surface area contributed by atoms with Crippen LogP contribution < -0.4 is 10.6 Å². The van der Waals surface area contributed by atoms with E-state index in [0.717, 1.165) is 50.5 Å². The van der Waals surface area contributed by atoms with Crippen molar-refractivity contribution in [3.63, 3.8) is 0 Å². The van der Waals surface area contributed by atoms with Crippen LogP contribution in [0.15, 0.2) is 41.5 Å². The monoisotopic (exact) mass is 702 g/mol. The Morgan fingerprint density at radius 1 is 0.941 bits per heavy atom. The number of epoxide rings is 1. The molecule has 8 rings (SSSR count). The van der Waals surface area contributed by atoms with Gasteiger partial charge >= 0.3 is 5.97 Å². The number of fused-ring (bicyclic) bond motifs is 3. The van der Waals surface area contributed by atoms with Crippen LogP contribution in [0, 0.1) is 29.1 Å². The molecule has 0 aromatic heterocycles. The minimum absolute atomic E-state index is 0.0539. The van der Waals surface area contributed by atoms with Gasteiger partial charge in [-0.3, -0.25) is 9.59 Å². The SMILES string of the molecule is CC1(C)CC2C(=Cc3ccc(C(=O)OC4CC(C(=O)NCCC(=O)NCCO)=CC5OC(C6CC6)(C6CC6)OC54)cc3)CCC3OC3(C)CCC21. The molecule has 7 unspecified atom stereocenters. The van der Waals surface area contributed by atoms with Gasteiger partial charge in [-0.25, -0.2) is 4.79 Å². The maximum absolute atomic E-state index is 13.7. The molecule has 2 heterocycles. The summed E-state index contributed by atoms with van der Waals surface area (Å²) in [6.45, 7) is 7.26. The molecule has 1 aromatic rings. The molecule has 7 aliphatic rings. The summed E-state index contributed by atoms with van der Waals surface area (Å²) in [6.07, 6.45) is 12.9. The van der Waals surface area contributed by atoms with E-state index in [1.54, 1.807) is 0 Å². The molecule has 51 heavy (non-hydrogen) atoms. The van der Waals surface area contributed by atoms with Gasteiger partial charge in [-0.15, -0.1) is 0 Å². The van der Waals surface area contributed by atoms with Crippen molar-refractivity contribution in [1.29, 1.82) is 0 Å². The Bertz CT molecular complexity index is 1580. The molecular formula is C41H54N2O8. The number of amides is 2. The van der Waals surface area contributed by atoms with Gasteiger partial charge in [0, 0.05) is 43.3 Å². The van der Waals surface area contributed by atoms with E-state index in [1.807, 2.05) is 30.3 Å². The van der Waals surface area contributed by atoms with E-state index < -0.39 is 30.1 Å². The van der Waals surface area contributed by atoms with Crippen LogP contribution >= 0.6 is 0 Å². The fourth-order valence-corrected chi connectivity index (χ4v) is 9.60. The molecule has 1 aromatic carbocycles. The van der Waals surface area contributed by atoms with E-state index in [-0.39, 0.29) is 50.0 Å². The molecule has 7 atom stereocenters. The molecule has 6 fully saturated rings. The second kappa shape index (κ2) is 13.4. The first-order valence-corrected chi connectivity index (χ1v) is 19.4. The molecule has 0 radical (unpaired) electrons. The molecule has 5 aliphatic carbocycles. The van der Waals surface area contributed by atoms with Gasteiger partial charge in [-0.1, -0.05) is 37.6 Å². The highest BCUT2D eigenvalue weighted by molar-refractivity contribution is 5.94. The Kier molecular flexibility index (Phi) is 9.21. The molecule has 2 aliphatic heterocycles. The van der Waals surface area contributed by atoms with Crippen LogP contribution in [0.4, 0.5) is 0 Å². The van der Waals surface area contributed by atoms with Crippen molar-refractivity contribution >= 4 is 23.9 Å². The largest absolute Gasteiger partial charge is 0.456 e. The van der Waals surface area contributed by atoms with E-state index in [0.29, 0.717) is 46.3 Å². The third-order valence-electron chi connectivity index (χ3n) is 12.9. The standard InChI is InChI=1S/C41H54N2O8/c1-39(2)23-30-26(8-13-34-40(3,50-34)16-14-31(30)39)20-24-4-6-25(7-5-24)38(47)48-32-21-27(37(46)43-17-15-35(45)42-18-19-44)22-33-36(32)51-41(49-33,28-9-10-28)29-11-12-29/h4-7,20,22,28-34,36,44H,8-19,21,23H2,1-3H3,(H,42,45)(H,43,46). The predicted octanol–water partition coefficient (Wildman–Crippen LogP) is 5.23. The number of allylic oxidation sites excluding steroid dienone is 1. The first-order valence-electron chi connectivity index (χ1n) is 19.4. The van der Waals surface area contributed by atoms with Gasteiger partial charge in [0.1, 0.15) is 18.3 Å². The number of hydrogen-bond acceptors (Lipinski definition) is 8. The summed E-state index contributed by atoms with van der Waals surface area (Å²) in [7, 11) is 0. The van der Waals surface area contributed by atoms with Crippen molar-refractivity contribution in [3.05, 3.63) is 52.6 Å². The molecule has 10 nitrogen and oxygen atoms in total. The van der Waals surface area contributed by atoms with Crippen LogP contribution in [0.25, 0.3) is 6.08 Å². The predicted molar refractivity (Wildman–Crippen MR) is 189 cm³/mol. The summed E-state index contributed by atoms with van der Waals surface area (Å²) < 4.78 is 25.8. The van der Waals surface area contributed by atoms with Gasteiger partial charge in [0.2, 0.25) is 11.8 Å². The van der Waals surface area contributed by atoms with Crippen LogP contribution in [0.5, 0.6) is 0 Å². The number of carbonyl (C=O) groups excluding carboxylic acids is 3. The molecule has 2 amide bonds. The maximum Gasteiger partial charge on any atom is 0.338 e. The van der Waals surface area contributed by atoms with Crippen molar-refractivity contribution in [2.75, 3.05) is 19.7 Å². The number of nitrogens with one attached hydrogen (secondary N) is 2. The lowest BCUT2D eigenvalue weighted by Crippen LogP contribution is -2.45. The number of benzene rings is 1. The van der Waals surface area contributed by atoms with Crippen molar-refractivity contribution < 1.29 is 38.4 Å². The van der Waals surface area contributed by atoms with Crippen LogP contribution in [0.1, 0.15) is 107 Å². The zero-order chi connectivity index (χ0) is 35.5. The van der Waals surface area contributed by atoms with E-state index in [1.165, 1.54) is 18.4 Å². The Morgan fingerprint density at radius 2 is 1.69 bits per heavy atom. The van der Waals surface area contributed by atoms with Crippen LogP contribution in [0.2, 0.25) is 0 Å². The Hall–Kier alpha value is -3.05. The average Bonchev–Trinajstić information content (AvgIpc) is 4.01. The van der Waals surface area contributed by atoms with Crippen molar-refractivity contribution in [2.45, 2.75) is 127 Å². The van der Waals surface area contributed by atoms with Crippen LogP contribution in [-0.4, -0.2) is 78.4 Å². The van der Waals surface area contributed by atoms with E-state index >= 15 is 0 Å². The summed E-state index contributed by atoms with van der Waals surface area (Å²) in [4.78, 5) is 39.0. The normalized spacial score (nSPS) is 35.4. The number of rotatable bonds is 11. The Balaban J connectivity index is 0.956. The molecular weight excluding hydrogens is 648 g/mol. The van der Waals surface area contributed by atoms with Gasteiger partial charge < -0.3 is 34.7 Å². The lowest BCUT2D eigenvalue weighted by atomic mass is 9.52. The van der Waals surface area contributed by atoms with Gasteiger partial charge in [0.05, 0.1) is 23.9 Å². The minimum atomic E-state index is -0.699. The molecule has 4 saturated carbocycles. The van der Waals surface area contributed by atoms with Gasteiger partial charge in [0.15, 0.2) is 5.79 Å². The average molecular weight is 703 g/mol. The summed E-state index contributed by atoms with van der Waals surface area (Å²) in [6, 6.07) is 7.69. The zero-order valence-corrected chi connectivity index (χ0v) is 30.3. The highest BCUT2D eigenvalue weighted by Gasteiger charge is 2.64. The quantitative estimate of drug-likeness (QED) is 0.211. The fourth-order valence-electron chi connectivity index (χ4n) is 9.60. The third-order valence-corrected chi connectivity index (χ3v) is 12.9. The fraction of sp³-hybridized carbons (Fsp3) is 0.683. The van der Waals surface area contributed by atoms with Crippen LogP contribution in [0.3, 0.4) is 0 Å². The van der Waals surface area contributed by atoms with Gasteiger partial charge in [-0.05, 0) is 106 Å². The Morgan fingerprint density at radius 3 is 2.37 bits per heavy atom. The number of hydrogen-bond donors (Lipinski definition) is 3. The van der Waals surface area contributed by atoms with Crippen LogP contribution in [-0.2, 0) is 28.5 Å². The summed E-state index contributed by atoms with van der Waals surface area (Å²) in [5, 5.41) is 14.4. The maximum atomic E-state index is 13.7. The smallest absolute Gasteiger partial charge is 0.338 e. The third kappa shape index (κ3) is 7.06. The Labute approximate surface area is 301 Å². The van der Waals surface area contributed by atoms with Crippen molar-refractivity contribution in [2.24, 2.45) is 29.1 Å². The molecule has 276 valence electrons. The molecule has 0 spiro atoms. The summed E-state index contributed by atoms with van der Waals surface area (Å²) in [5.74, 6) is 0.196. The van der Waals surface area contributed by atoms with E-state index in [9.17, 15) is 14.4 Å². The topological polar surface area (TPSA) is 136 Å². The second-order valence-electron chi connectivity index (χ2n) is 17.1. The molecule has 3 N–H and O–H groups in total. The molecule has 2 saturated heterocycles. The highest BCUT2D eigenvalue weighted by atomic mass is 16.8. The number of carbonyl (C=O) groups is 3. The van der Waals surface area contributed by atoms with E-state index in [4.69, 9.17) is 24.1 Å². The van der Waals surface area contributed by atoms with E-state index in [2.05, 4.69) is 37.5 Å². The van der Waals surface area contributed by atoms with Crippen molar-refractivity contribution in [1.82, 2.24) is 10.6 Å². The van der Waals surface area contributed by atoms with Crippen molar-refractivity contribution in [3.8, 4) is 0 Å². The summed E-state index contributed by atoms with van der Waals surface area (Å²) in [5.41, 5.74) is 3.90. The first kappa shape index (κ1) is 35.0. The lowest BCUT2D eigenvalue weighted by Gasteiger charge is -2.53. The zero-order valence-electron chi connectivity index (χ0n) is 30.3. The molecule has 0 bridgehead atoms. The number of esters is 1. The summed E-state index contributed by atoms with van der Waals surface area (Å²) >= 11 is 0. The number of aliphatic hydroxyl groups is 1. The number of ether oxygens (including phenoxy) is 4. The number of aliphatic hydroxyl groups excluding tert-OH is 1. The second-order valence-corrected chi connectivity index (χ2v) is 17.1. The lowest BCUT2D eigenvalue weighted by molar-refractivity contribution is -0.209. The molecule has 10 heteroatoms. The van der Waals surface area contributed by atoms with Gasteiger partial charge in [0.25, 0.3) is 0 Å². The minimum Gasteiger partial charge on any atom is -0.456 e.